The van der Waals surface area contributed by atoms with E-state index < -0.39 is 42.5 Å². The van der Waals surface area contributed by atoms with Crippen molar-refractivity contribution in [2.45, 2.75) is 64.6 Å². The van der Waals surface area contributed by atoms with Crippen LogP contribution in [-0.4, -0.2) is 28.3 Å². The summed E-state index contributed by atoms with van der Waals surface area (Å²) in [5.74, 6) is -1.89. The van der Waals surface area contributed by atoms with Gasteiger partial charge >= 0.3 is 0 Å². The summed E-state index contributed by atoms with van der Waals surface area (Å²) in [5, 5.41) is 24.3. The zero-order chi connectivity index (χ0) is 26.7. The van der Waals surface area contributed by atoms with Gasteiger partial charge in [0.2, 0.25) is 0 Å². The Balaban J connectivity index is 2.27. The van der Waals surface area contributed by atoms with Crippen LogP contribution in [0.15, 0.2) is 54.6 Å². The molecule has 0 unspecified atom stereocenters. The summed E-state index contributed by atoms with van der Waals surface area (Å²) >= 11 is 0. The lowest BCUT2D eigenvalue weighted by Crippen LogP contribution is -2.49. The van der Waals surface area contributed by atoms with Gasteiger partial charge in [0.25, 0.3) is 5.91 Å². The maximum absolute atomic E-state index is 13.0. The van der Waals surface area contributed by atoms with E-state index in [2.05, 4.69) is 5.32 Å². The minimum Gasteiger partial charge on any atom is -0.493 e. The topological polar surface area (TPSA) is 78.8 Å². The van der Waals surface area contributed by atoms with Crippen LogP contribution in [-0.2, 0) is 10.4 Å². The maximum Gasteiger partial charge on any atom is 0.256 e. The first-order valence-corrected chi connectivity index (χ1v) is 10.1. The van der Waals surface area contributed by atoms with Crippen LogP contribution < -0.4 is 10.1 Å². The molecule has 5 heteroatoms. The van der Waals surface area contributed by atoms with E-state index in [-0.39, 0.29) is 12.2 Å². The number of rotatable bonds is 10. The third kappa shape index (κ3) is 6.31. The van der Waals surface area contributed by atoms with Gasteiger partial charge in [0, 0.05) is 4.11 Å². The molecule has 0 saturated carbocycles. The molecule has 0 fully saturated rings. The molecule has 0 aromatic heterocycles. The quantitative estimate of drug-likeness (QED) is 0.536. The van der Waals surface area contributed by atoms with Crippen LogP contribution in [0.5, 0.6) is 5.75 Å². The summed E-state index contributed by atoms with van der Waals surface area (Å²) in [6.45, 7) is 1.24. The van der Waals surface area contributed by atoms with Crippen LogP contribution >= 0.6 is 0 Å². The van der Waals surface area contributed by atoms with E-state index in [0.29, 0.717) is 17.5 Å². The van der Waals surface area contributed by atoms with Crippen LogP contribution in [0.25, 0.3) is 0 Å². The number of ether oxygens (including phenoxy) is 1. The third-order valence-corrected chi connectivity index (χ3v) is 4.87. The molecular formula is C25H35NO4. The molecule has 0 saturated heterocycles. The molecule has 2 rings (SSSR count). The number of nitrogens with one attached hydrogen (secondary N) is 1. The Hall–Kier alpha value is -2.37. The Morgan fingerprint density at radius 3 is 2.30 bits per heavy atom. The van der Waals surface area contributed by atoms with E-state index in [1.165, 1.54) is 32.9 Å². The van der Waals surface area contributed by atoms with E-state index in [1.807, 2.05) is 0 Å². The van der Waals surface area contributed by atoms with Crippen molar-refractivity contribution in [1.82, 2.24) is 5.32 Å². The maximum atomic E-state index is 13.0. The fourth-order valence-electron chi connectivity index (χ4n) is 3.05. The van der Waals surface area contributed by atoms with E-state index in [9.17, 15) is 15.0 Å². The molecule has 3 atom stereocenters. The van der Waals surface area contributed by atoms with Gasteiger partial charge in [-0.15, -0.1) is 0 Å². The first-order chi connectivity index (χ1) is 16.0. The smallest absolute Gasteiger partial charge is 0.256 e. The average Bonchev–Trinajstić information content (AvgIpc) is 2.75. The summed E-state index contributed by atoms with van der Waals surface area (Å²) in [5.41, 5.74) is -2.36. The standard InChI is InChI=1S/C25H35NO4/c1-6-10-18(2)17-30-21-15-13-19(14-16-21)22(24(3,4)28)26-23(27)25(5,29)20-11-8-7-9-12-20/h7-9,11-16,18,22,28-29H,6,10,17H2,1-5H3,(H,26,27)/t18-,22-,25-/m1/s1/i2D3,17D2. The van der Waals surface area contributed by atoms with Crippen molar-refractivity contribution in [2.24, 2.45) is 5.92 Å². The lowest BCUT2D eigenvalue weighted by atomic mass is 9.89. The van der Waals surface area contributed by atoms with Crippen LogP contribution in [0.3, 0.4) is 0 Å². The Morgan fingerprint density at radius 2 is 1.77 bits per heavy atom. The molecule has 0 aliphatic carbocycles. The largest absolute Gasteiger partial charge is 0.493 e. The summed E-state index contributed by atoms with van der Waals surface area (Å²) in [7, 11) is 0. The number of benzene rings is 2. The number of aliphatic hydroxyl groups is 2. The predicted molar refractivity (Wildman–Crippen MR) is 119 cm³/mol. The highest BCUT2D eigenvalue weighted by atomic mass is 16.5. The molecule has 5 nitrogen and oxygen atoms in total. The van der Waals surface area contributed by atoms with Gasteiger partial charge in [0.15, 0.2) is 5.60 Å². The number of hydrogen-bond acceptors (Lipinski definition) is 4. The molecular weight excluding hydrogens is 378 g/mol. The van der Waals surface area contributed by atoms with Crippen LogP contribution in [0.1, 0.15) is 71.4 Å². The summed E-state index contributed by atoms with van der Waals surface area (Å²) in [4.78, 5) is 13.0. The van der Waals surface area contributed by atoms with Crippen molar-refractivity contribution >= 4 is 5.91 Å². The Bertz CT molecular complexity index is 970. The second kappa shape index (κ2) is 10.1. The molecule has 0 aliphatic rings. The highest BCUT2D eigenvalue weighted by Gasteiger charge is 2.37. The van der Waals surface area contributed by atoms with E-state index in [4.69, 9.17) is 11.6 Å². The Labute approximate surface area is 187 Å². The van der Waals surface area contributed by atoms with Gasteiger partial charge in [-0.3, -0.25) is 4.79 Å². The minimum atomic E-state index is -2.52. The lowest BCUT2D eigenvalue weighted by Gasteiger charge is -2.33. The minimum absolute atomic E-state index is 0.112. The zero-order valence-electron chi connectivity index (χ0n) is 23.0. The van der Waals surface area contributed by atoms with E-state index in [1.54, 1.807) is 49.4 Å². The van der Waals surface area contributed by atoms with E-state index >= 15 is 0 Å². The monoisotopic (exact) mass is 418 g/mol. The van der Waals surface area contributed by atoms with Crippen LogP contribution in [0.4, 0.5) is 0 Å². The second-order valence-corrected chi connectivity index (χ2v) is 8.13. The molecule has 0 heterocycles. The second-order valence-electron chi connectivity index (χ2n) is 8.13. The van der Waals surface area contributed by atoms with Crippen LogP contribution in [0.2, 0.25) is 0 Å². The first-order valence-electron chi connectivity index (χ1n) is 12.6. The van der Waals surface area contributed by atoms with Gasteiger partial charge in [0.05, 0.1) is 20.9 Å². The molecule has 0 bridgehead atoms. The zero-order valence-corrected chi connectivity index (χ0v) is 18.0. The van der Waals surface area contributed by atoms with Crippen LogP contribution in [0, 0.1) is 5.92 Å². The Morgan fingerprint density at radius 1 is 1.13 bits per heavy atom. The number of amides is 1. The van der Waals surface area contributed by atoms with Crippen molar-refractivity contribution < 1.29 is 26.6 Å². The molecule has 0 spiro atoms. The predicted octanol–water partition coefficient (Wildman–Crippen LogP) is 4.34. The van der Waals surface area contributed by atoms with Crippen molar-refractivity contribution in [3.05, 3.63) is 65.7 Å². The molecule has 1 amide bonds. The number of carbonyl (C=O) groups is 1. The SMILES string of the molecule is [2H]C([2H])([2H])[C@H](CCC)C([2H])([2H])Oc1ccc([C@@H](NC(=O)[C@](C)(O)c2ccccc2)C(C)(C)O)cc1. The average molecular weight is 419 g/mol. The van der Waals surface area contributed by atoms with Crippen molar-refractivity contribution in [1.29, 1.82) is 0 Å². The first kappa shape index (κ1) is 17.3. The number of hydrogen-bond donors (Lipinski definition) is 3. The summed E-state index contributed by atoms with van der Waals surface area (Å²) < 4.78 is 44.9. The van der Waals surface area contributed by atoms with Gasteiger partial charge in [-0.25, -0.2) is 0 Å². The fraction of sp³-hybridized carbons (Fsp3) is 0.480. The molecule has 30 heavy (non-hydrogen) atoms. The van der Waals surface area contributed by atoms with Crippen molar-refractivity contribution in [3.63, 3.8) is 0 Å². The third-order valence-electron chi connectivity index (χ3n) is 4.87. The highest BCUT2D eigenvalue weighted by molar-refractivity contribution is 5.86. The van der Waals surface area contributed by atoms with Crippen molar-refractivity contribution in [3.8, 4) is 5.75 Å². The van der Waals surface area contributed by atoms with Crippen molar-refractivity contribution in [2.75, 3.05) is 6.56 Å². The van der Waals surface area contributed by atoms with Gasteiger partial charge in [0.1, 0.15) is 5.75 Å². The lowest BCUT2D eigenvalue weighted by molar-refractivity contribution is -0.141. The molecule has 3 N–H and O–H groups in total. The Kier molecular flexibility index (Phi) is 5.83. The van der Waals surface area contributed by atoms with Gasteiger partial charge < -0.3 is 20.3 Å². The molecule has 0 radical (unpaired) electrons. The summed E-state index contributed by atoms with van der Waals surface area (Å²) in [6.07, 6.45) is 0.625. The summed E-state index contributed by atoms with van der Waals surface area (Å²) in [6, 6.07) is 13.5. The van der Waals surface area contributed by atoms with E-state index in [0.717, 1.165) is 0 Å². The fourth-order valence-corrected chi connectivity index (χ4v) is 3.05. The molecule has 0 aliphatic heterocycles. The highest BCUT2D eigenvalue weighted by Crippen LogP contribution is 2.29. The molecule has 164 valence electrons. The van der Waals surface area contributed by atoms with Gasteiger partial charge in [-0.05, 0) is 56.4 Å². The van der Waals surface area contributed by atoms with Gasteiger partial charge in [-0.1, -0.05) is 62.7 Å². The van der Waals surface area contributed by atoms with Gasteiger partial charge in [-0.2, -0.15) is 0 Å². The molecule has 2 aromatic carbocycles. The normalized spacial score (nSPS) is 19.1. The number of carbonyl (C=O) groups excluding carboxylic acids is 1. The molecule has 2 aromatic rings.